The Bertz CT molecular complexity index is 843. The monoisotopic (exact) mass is 434 g/mol. The molecule has 8 nitrogen and oxygen atoms in total. The summed E-state index contributed by atoms with van der Waals surface area (Å²) in [5, 5.41) is -1.81. The topological polar surface area (TPSA) is 123 Å². The quantitative estimate of drug-likeness (QED) is 0.285. The smallest absolute Gasteiger partial charge is 0.359 e. The van der Waals surface area contributed by atoms with Gasteiger partial charge in [0.25, 0.3) is 19.7 Å². The molecule has 3 fully saturated rings. The fourth-order valence-corrected chi connectivity index (χ4v) is 9.16. The molecule has 0 aromatic heterocycles. The van der Waals surface area contributed by atoms with Gasteiger partial charge >= 0.3 is 4.38 Å². The van der Waals surface area contributed by atoms with Crippen molar-refractivity contribution < 1.29 is 31.1 Å². The highest BCUT2D eigenvalue weighted by Crippen LogP contribution is 2.41. The van der Waals surface area contributed by atoms with E-state index >= 15 is 0 Å². The highest BCUT2D eigenvalue weighted by Gasteiger charge is 2.54. The largest absolute Gasteiger partial charge is 0.495 e. The number of ether oxygens (including phenoxy) is 2. The van der Waals surface area contributed by atoms with Crippen LogP contribution in [-0.2, 0) is 29.1 Å². The van der Waals surface area contributed by atoms with Gasteiger partial charge in [-0.15, -0.1) is 4.79 Å². The van der Waals surface area contributed by atoms with Gasteiger partial charge in [-0.2, -0.15) is 0 Å². The van der Waals surface area contributed by atoms with Crippen LogP contribution in [0.5, 0.6) is 0 Å². The van der Waals surface area contributed by atoms with Crippen molar-refractivity contribution in [3.63, 3.8) is 0 Å². The summed E-state index contributed by atoms with van der Waals surface area (Å²) in [5.74, 6) is -1.01. The molecule has 3 aliphatic rings. The Morgan fingerprint density at radius 2 is 1.43 bits per heavy atom. The molecule has 1 aliphatic heterocycles. The summed E-state index contributed by atoms with van der Waals surface area (Å²) in [6, 6.07) is 0. The maximum Gasteiger partial charge on any atom is 0.495 e. The molecule has 0 radical (unpaired) electrons. The van der Waals surface area contributed by atoms with E-state index in [1.165, 1.54) is 0 Å². The van der Waals surface area contributed by atoms with E-state index in [9.17, 15) is 22.4 Å². The first-order chi connectivity index (χ1) is 13.0. The number of hydrogen-bond donors (Lipinski definition) is 0. The molecule has 1 unspecified atom stereocenters. The van der Waals surface area contributed by atoms with Gasteiger partial charge in [-0.05, 0) is 25.7 Å². The van der Waals surface area contributed by atoms with Crippen LogP contribution in [-0.4, -0.2) is 55.5 Å². The van der Waals surface area contributed by atoms with Crippen LogP contribution in [0.4, 0.5) is 0 Å². The number of sulfone groups is 2. The van der Waals surface area contributed by atoms with Crippen LogP contribution in [0.15, 0.2) is 0 Å². The Hall–Kier alpha value is -0.800. The average molecular weight is 435 g/mol. The van der Waals surface area contributed by atoms with Gasteiger partial charge in [0, 0.05) is 18.3 Å². The van der Waals surface area contributed by atoms with Crippen LogP contribution < -0.4 is 0 Å². The van der Waals surface area contributed by atoms with Gasteiger partial charge in [-0.25, -0.2) is 16.8 Å². The van der Waals surface area contributed by atoms with Gasteiger partial charge in [0.2, 0.25) is 0 Å². The van der Waals surface area contributed by atoms with E-state index in [0.29, 0.717) is 45.3 Å². The van der Waals surface area contributed by atoms with Gasteiger partial charge in [-0.3, -0.25) is 0 Å². The Balaban J connectivity index is 1.83. The lowest BCUT2D eigenvalue weighted by Crippen LogP contribution is -2.53. The fraction of sp³-hybridized carbons (Fsp3) is 0.944. The zero-order chi connectivity index (χ0) is 20.6. The first-order valence-corrected chi connectivity index (χ1v) is 13.1. The maximum absolute atomic E-state index is 13.2. The molecular weight excluding hydrogens is 404 g/mol. The van der Waals surface area contributed by atoms with E-state index in [1.54, 1.807) is 0 Å². The van der Waals surface area contributed by atoms with Crippen LogP contribution in [0, 0.1) is 5.41 Å². The molecule has 1 spiro atoms. The van der Waals surface area contributed by atoms with Crippen molar-refractivity contribution in [3.8, 4) is 0 Å². The second-order valence-corrected chi connectivity index (χ2v) is 13.6. The zero-order valence-corrected chi connectivity index (χ0v) is 18.2. The molecule has 0 aromatic carbocycles. The van der Waals surface area contributed by atoms with E-state index in [2.05, 4.69) is 4.79 Å². The summed E-state index contributed by atoms with van der Waals surface area (Å²) in [7, 11) is -8.54. The van der Waals surface area contributed by atoms with Crippen molar-refractivity contribution in [1.82, 2.24) is 0 Å². The number of nitrogens with zero attached hydrogens (tertiary/aromatic N) is 2. The minimum atomic E-state index is -4.33. The van der Waals surface area contributed by atoms with Crippen molar-refractivity contribution >= 4 is 24.1 Å². The molecule has 2 saturated carbocycles. The molecule has 28 heavy (non-hydrogen) atoms. The van der Waals surface area contributed by atoms with Crippen LogP contribution in [0.3, 0.4) is 0 Å². The van der Waals surface area contributed by atoms with Crippen molar-refractivity contribution in [2.45, 2.75) is 87.9 Å². The van der Waals surface area contributed by atoms with Crippen LogP contribution in [0.1, 0.15) is 71.6 Å². The first kappa shape index (κ1) is 21.9. The van der Waals surface area contributed by atoms with Gasteiger partial charge in [-0.1, -0.05) is 33.1 Å². The molecule has 160 valence electrons. The third-order valence-electron chi connectivity index (χ3n) is 6.07. The van der Waals surface area contributed by atoms with Crippen molar-refractivity contribution in [2.24, 2.45) is 5.41 Å². The molecule has 1 saturated heterocycles. The SMILES string of the molecule is CC1(C)COC2(CCCC(S(=O)(=O)C(=[N+]=[N-])S(=O)(=O)C3CCCCC3)C2)OC1. The van der Waals surface area contributed by atoms with E-state index in [0.717, 1.165) is 19.3 Å². The summed E-state index contributed by atoms with van der Waals surface area (Å²) in [4.78, 5) is 2.80. The molecule has 0 amide bonds. The normalized spacial score (nSPS) is 28.6. The minimum Gasteiger partial charge on any atom is -0.359 e. The van der Waals surface area contributed by atoms with Crippen LogP contribution >= 0.6 is 0 Å². The summed E-state index contributed by atoms with van der Waals surface area (Å²) in [6.07, 6.45) is 4.62. The molecule has 1 atom stereocenters. The van der Waals surface area contributed by atoms with Crippen molar-refractivity contribution in [2.75, 3.05) is 13.2 Å². The summed E-state index contributed by atoms with van der Waals surface area (Å²) in [6.45, 7) is 4.90. The molecule has 1 heterocycles. The van der Waals surface area contributed by atoms with Gasteiger partial charge < -0.3 is 15.0 Å². The lowest BCUT2D eigenvalue weighted by molar-refractivity contribution is -0.309. The van der Waals surface area contributed by atoms with Crippen molar-refractivity contribution in [3.05, 3.63) is 5.53 Å². The Morgan fingerprint density at radius 3 is 2.00 bits per heavy atom. The van der Waals surface area contributed by atoms with Crippen molar-refractivity contribution in [1.29, 1.82) is 0 Å². The highest BCUT2D eigenvalue weighted by atomic mass is 32.3. The summed E-state index contributed by atoms with van der Waals surface area (Å²) < 4.78 is 63.0. The zero-order valence-electron chi connectivity index (χ0n) is 16.6. The van der Waals surface area contributed by atoms with E-state index in [-0.39, 0.29) is 11.8 Å². The lowest BCUT2D eigenvalue weighted by atomic mass is 9.89. The molecule has 10 heteroatoms. The van der Waals surface area contributed by atoms with E-state index < -0.39 is 40.3 Å². The van der Waals surface area contributed by atoms with Crippen LogP contribution in [0.2, 0.25) is 0 Å². The first-order valence-electron chi connectivity index (χ1n) is 10.0. The number of hydrogen-bond acceptors (Lipinski definition) is 6. The Morgan fingerprint density at radius 1 is 0.893 bits per heavy atom. The molecule has 3 rings (SSSR count). The Labute approximate surface area is 167 Å². The average Bonchev–Trinajstić information content (AvgIpc) is 2.66. The highest BCUT2D eigenvalue weighted by molar-refractivity contribution is 8.31. The number of rotatable bonds is 2. The second-order valence-electron chi connectivity index (χ2n) is 9.09. The standard InChI is InChI=1S/C18H30N2O6S2/c1-17(2)12-25-18(26-13-17)10-6-9-15(11-18)28(23,24)16(20-19)27(21,22)14-7-4-3-5-8-14/h14-15H,3-13H2,1-2H3. The molecule has 2 aliphatic carbocycles. The van der Waals surface area contributed by atoms with Crippen LogP contribution in [0.25, 0.3) is 5.53 Å². The molecule has 0 aromatic rings. The third kappa shape index (κ3) is 4.21. The molecular formula is C18H30N2O6S2. The maximum atomic E-state index is 13.2. The Kier molecular flexibility index (Phi) is 6.10. The fourth-order valence-electron chi connectivity index (χ4n) is 4.35. The van der Waals surface area contributed by atoms with E-state index in [1.807, 2.05) is 13.8 Å². The molecule has 0 N–H and O–H groups in total. The third-order valence-corrected chi connectivity index (χ3v) is 11.2. The second kappa shape index (κ2) is 7.80. The van der Waals surface area contributed by atoms with Gasteiger partial charge in [0.1, 0.15) is 0 Å². The van der Waals surface area contributed by atoms with Gasteiger partial charge in [0.05, 0.1) is 23.7 Å². The van der Waals surface area contributed by atoms with E-state index in [4.69, 9.17) is 9.47 Å². The van der Waals surface area contributed by atoms with Gasteiger partial charge in [0.15, 0.2) is 5.79 Å². The summed E-state index contributed by atoms with van der Waals surface area (Å²) >= 11 is 0. The predicted molar refractivity (Wildman–Crippen MR) is 104 cm³/mol. The molecule has 0 bridgehead atoms. The summed E-state index contributed by atoms with van der Waals surface area (Å²) in [5.41, 5.74) is 9.24. The lowest BCUT2D eigenvalue weighted by Gasteiger charge is -2.46. The minimum absolute atomic E-state index is 0.0463. The predicted octanol–water partition coefficient (Wildman–Crippen LogP) is 2.45.